The van der Waals surface area contributed by atoms with Gasteiger partial charge in [-0.15, -0.1) is 11.3 Å². The van der Waals surface area contributed by atoms with Crippen LogP contribution in [0.2, 0.25) is 0 Å². The number of thiophene rings is 1. The minimum atomic E-state index is -0.898. The van der Waals surface area contributed by atoms with E-state index in [4.69, 9.17) is 14.8 Å². The van der Waals surface area contributed by atoms with E-state index in [0.717, 1.165) is 34.2 Å². The van der Waals surface area contributed by atoms with E-state index in [9.17, 15) is 9.59 Å². The van der Waals surface area contributed by atoms with E-state index in [-0.39, 0.29) is 11.7 Å². The maximum Gasteiger partial charge on any atom is 0.313 e. The van der Waals surface area contributed by atoms with Crippen LogP contribution in [-0.4, -0.2) is 70.9 Å². The zero-order valence-electron chi connectivity index (χ0n) is 17.9. The molecule has 1 N–H and O–H groups in total. The largest absolute Gasteiger partial charge is 0.497 e. The number of amides is 1. The molecule has 0 unspecified atom stereocenters. The van der Waals surface area contributed by atoms with Crippen molar-refractivity contribution in [2.75, 3.05) is 43.9 Å². The van der Waals surface area contributed by atoms with Crippen LogP contribution >= 0.6 is 23.1 Å². The average Bonchev–Trinajstić information content (AvgIpc) is 3.25. The number of anilines is 1. The number of thioether (sulfide) groups is 1. The van der Waals surface area contributed by atoms with Crippen LogP contribution in [0.15, 0.2) is 35.5 Å². The second-order valence-corrected chi connectivity index (χ2v) is 9.37. The highest BCUT2D eigenvalue weighted by Crippen LogP contribution is 2.34. The van der Waals surface area contributed by atoms with Crippen LogP contribution in [0.1, 0.15) is 22.2 Å². The molecule has 3 aromatic rings. The minimum Gasteiger partial charge on any atom is -0.497 e. The summed E-state index contributed by atoms with van der Waals surface area (Å²) in [5.41, 5.74) is 0.611. The van der Waals surface area contributed by atoms with Gasteiger partial charge in [0, 0.05) is 36.6 Å². The zero-order valence-corrected chi connectivity index (χ0v) is 19.5. The fourth-order valence-corrected chi connectivity index (χ4v) is 5.18. The Balaban J connectivity index is 1.54. The molecule has 0 saturated carbocycles. The number of aliphatic carboxylic acids is 1. The van der Waals surface area contributed by atoms with Gasteiger partial charge in [0.05, 0.1) is 18.2 Å². The molecule has 10 heteroatoms. The van der Waals surface area contributed by atoms with Gasteiger partial charge in [0.2, 0.25) is 0 Å². The molecule has 0 atom stereocenters. The standard InChI is InChI=1S/C22H24N4O4S2/c1-3-16-12-17-19(23-22(24-20(17)32-16)31-13-18(27)28)25-7-9-26(10-8-25)21(29)14-5-4-6-15(11-14)30-2/h4-6,11-12H,3,7-10,13H2,1-2H3,(H,27,28). The van der Waals surface area contributed by atoms with E-state index in [0.29, 0.717) is 42.6 Å². The van der Waals surface area contributed by atoms with Gasteiger partial charge in [0.15, 0.2) is 5.16 Å². The number of carbonyl (C=O) groups excluding carboxylic acids is 1. The summed E-state index contributed by atoms with van der Waals surface area (Å²) < 4.78 is 5.23. The molecule has 0 radical (unpaired) electrons. The molecular formula is C22H24N4O4S2. The van der Waals surface area contributed by atoms with Crippen LogP contribution in [0.3, 0.4) is 0 Å². The third kappa shape index (κ3) is 4.81. The SMILES string of the molecule is CCc1cc2c(N3CCN(C(=O)c4cccc(OC)c4)CC3)nc(SCC(=O)O)nc2s1. The highest BCUT2D eigenvalue weighted by molar-refractivity contribution is 7.99. The fraction of sp³-hybridized carbons (Fsp3) is 0.364. The first-order valence-electron chi connectivity index (χ1n) is 10.3. The number of aromatic nitrogens is 2. The Bertz CT molecular complexity index is 1140. The van der Waals surface area contributed by atoms with Crippen molar-refractivity contribution in [3.63, 3.8) is 0 Å². The van der Waals surface area contributed by atoms with E-state index < -0.39 is 5.97 Å². The van der Waals surface area contributed by atoms with Gasteiger partial charge in [0.1, 0.15) is 16.4 Å². The Morgan fingerprint density at radius 3 is 2.66 bits per heavy atom. The number of fused-ring (bicyclic) bond motifs is 1. The first-order chi connectivity index (χ1) is 15.5. The Morgan fingerprint density at radius 1 is 1.19 bits per heavy atom. The molecule has 0 spiro atoms. The molecule has 4 rings (SSSR count). The number of piperazine rings is 1. The summed E-state index contributed by atoms with van der Waals surface area (Å²) in [4.78, 5) is 39.3. The first kappa shape index (κ1) is 22.3. The van der Waals surface area contributed by atoms with Crippen LogP contribution in [-0.2, 0) is 11.2 Å². The normalized spacial score (nSPS) is 14.1. The lowest BCUT2D eigenvalue weighted by Gasteiger charge is -2.35. The van der Waals surface area contributed by atoms with Gasteiger partial charge in [-0.1, -0.05) is 24.8 Å². The van der Waals surface area contributed by atoms with Gasteiger partial charge in [-0.25, -0.2) is 9.97 Å². The van der Waals surface area contributed by atoms with Crippen LogP contribution < -0.4 is 9.64 Å². The second-order valence-electron chi connectivity index (χ2n) is 7.31. The number of methoxy groups -OCH3 is 1. The van der Waals surface area contributed by atoms with Gasteiger partial charge in [-0.2, -0.15) is 0 Å². The Labute approximate surface area is 194 Å². The average molecular weight is 473 g/mol. The van der Waals surface area contributed by atoms with Crippen molar-refractivity contribution in [1.82, 2.24) is 14.9 Å². The van der Waals surface area contributed by atoms with Crippen LogP contribution in [0.25, 0.3) is 10.2 Å². The molecule has 2 aromatic heterocycles. The molecule has 168 valence electrons. The highest BCUT2D eigenvalue weighted by Gasteiger charge is 2.25. The highest BCUT2D eigenvalue weighted by atomic mass is 32.2. The number of hydrogen-bond acceptors (Lipinski definition) is 8. The van der Waals surface area contributed by atoms with Crippen LogP contribution in [0.5, 0.6) is 5.75 Å². The predicted molar refractivity (Wildman–Crippen MR) is 126 cm³/mol. The van der Waals surface area contributed by atoms with E-state index in [2.05, 4.69) is 22.9 Å². The number of benzene rings is 1. The summed E-state index contributed by atoms with van der Waals surface area (Å²) in [6.07, 6.45) is 0.904. The molecule has 0 bridgehead atoms. The Hall–Kier alpha value is -2.85. The van der Waals surface area contributed by atoms with Gasteiger partial charge in [0.25, 0.3) is 5.91 Å². The number of rotatable bonds is 7. The first-order valence-corrected chi connectivity index (χ1v) is 12.1. The molecule has 1 aromatic carbocycles. The van der Waals surface area contributed by atoms with Crippen molar-refractivity contribution in [1.29, 1.82) is 0 Å². The monoisotopic (exact) mass is 472 g/mol. The van der Waals surface area contributed by atoms with Crippen molar-refractivity contribution in [2.45, 2.75) is 18.5 Å². The number of carboxylic acids is 1. The molecule has 8 nitrogen and oxygen atoms in total. The van der Waals surface area contributed by atoms with Gasteiger partial charge in [-0.05, 0) is 30.7 Å². The molecule has 32 heavy (non-hydrogen) atoms. The molecule has 1 saturated heterocycles. The van der Waals surface area contributed by atoms with E-state index in [1.54, 1.807) is 30.6 Å². The summed E-state index contributed by atoms with van der Waals surface area (Å²) >= 11 is 2.74. The third-order valence-electron chi connectivity index (χ3n) is 5.26. The second kappa shape index (κ2) is 9.74. The van der Waals surface area contributed by atoms with Gasteiger partial charge in [-0.3, -0.25) is 9.59 Å². The Morgan fingerprint density at radius 2 is 1.97 bits per heavy atom. The molecule has 3 heterocycles. The van der Waals surface area contributed by atoms with Crippen molar-refractivity contribution in [2.24, 2.45) is 0 Å². The van der Waals surface area contributed by atoms with E-state index >= 15 is 0 Å². The molecule has 1 aliphatic heterocycles. The lowest BCUT2D eigenvalue weighted by atomic mass is 10.1. The van der Waals surface area contributed by atoms with Crippen molar-refractivity contribution in [3.05, 3.63) is 40.8 Å². The Kier molecular flexibility index (Phi) is 6.80. The smallest absolute Gasteiger partial charge is 0.313 e. The van der Waals surface area contributed by atoms with Gasteiger partial charge >= 0.3 is 5.97 Å². The summed E-state index contributed by atoms with van der Waals surface area (Å²) in [6, 6.07) is 9.31. The molecule has 1 amide bonds. The number of ether oxygens (including phenoxy) is 1. The van der Waals surface area contributed by atoms with Crippen LogP contribution in [0, 0.1) is 0 Å². The maximum absolute atomic E-state index is 12.9. The van der Waals surface area contributed by atoms with Crippen molar-refractivity contribution in [3.8, 4) is 5.75 Å². The summed E-state index contributed by atoms with van der Waals surface area (Å²) in [7, 11) is 1.59. The quantitative estimate of drug-likeness (QED) is 0.413. The van der Waals surface area contributed by atoms with E-state index in [1.165, 1.54) is 4.88 Å². The fourth-order valence-electron chi connectivity index (χ4n) is 3.60. The van der Waals surface area contributed by atoms with Gasteiger partial charge < -0.3 is 19.6 Å². The molecule has 1 fully saturated rings. The lowest BCUT2D eigenvalue weighted by molar-refractivity contribution is -0.133. The van der Waals surface area contributed by atoms with Crippen molar-refractivity contribution >= 4 is 51.0 Å². The number of carboxylic acid groups (broad SMARTS) is 1. The van der Waals surface area contributed by atoms with Crippen molar-refractivity contribution < 1.29 is 19.4 Å². The number of carbonyl (C=O) groups is 2. The topological polar surface area (TPSA) is 95.9 Å². The van der Waals surface area contributed by atoms with E-state index in [1.807, 2.05) is 17.0 Å². The minimum absolute atomic E-state index is 0.0158. The lowest BCUT2D eigenvalue weighted by Crippen LogP contribution is -2.49. The molecule has 0 aliphatic carbocycles. The third-order valence-corrected chi connectivity index (χ3v) is 7.26. The number of aryl methyl sites for hydroxylation is 1. The zero-order chi connectivity index (χ0) is 22.7. The molecular weight excluding hydrogens is 448 g/mol. The molecule has 1 aliphatic rings. The summed E-state index contributed by atoms with van der Waals surface area (Å²) in [5, 5.41) is 10.5. The van der Waals surface area contributed by atoms with Crippen LogP contribution in [0.4, 0.5) is 5.82 Å². The summed E-state index contributed by atoms with van der Waals surface area (Å²) in [6.45, 7) is 4.53. The maximum atomic E-state index is 12.9. The predicted octanol–water partition coefficient (Wildman–Crippen LogP) is 3.40. The summed E-state index contributed by atoms with van der Waals surface area (Å²) in [5.74, 6) is 0.476. The number of nitrogens with zero attached hydrogens (tertiary/aromatic N) is 4. The number of hydrogen-bond donors (Lipinski definition) is 1.